The number of hydrogen-bond donors (Lipinski definition) is 2. The van der Waals surface area contributed by atoms with Gasteiger partial charge in [-0.05, 0) is 61.0 Å². The van der Waals surface area contributed by atoms with Crippen LogP contribution >= 0.6 is 11.8 Å². The van der Waals surface area contributed by atoms with Crippen LogP contribution in [0.3, 0.4) is 0 Å². The van der Waals surface area contributed by atoms with Gasteiger partial charge in [0.05, 0.1) is 35.3 Å². The van der Waals surface area contributed by atoms with Crippen molar-refractivity contribution in [3.63, 3.8) is 0 Å². The molecule has 0 atom stereocenters. The Balaban J connectivity index is 1.32. The van der Waals surface area contributed by atoms with Crippen LogP contribution in [-0.2, 0) is 4.79 Å². The molecule has 0 bridgehead atoms. The number of carbonyl (C=O) groups is 1. The van der Waals surface area contributed by atoms with E-state index in [1.807, 2.05) is 54.6 Å². The summed E-state index contributed by atoms with van der Waals surface area (Å²) in [4.78, 5) is 17.3. The molecule has 0 aliphatic carbocycles. The monoisotopic (exact) mass is 525 g/mol. The molecule has 0 spiro atoms. The van der Waals surface area contributed by atoms with Crippen molar-refractivity contribution in [1.29, 1.82) is 0 Å². The lowest BCUT2D eigenvalue weighted by molar-refractivity contribution is -0.113. The summed E-state index contributed by atoms with van der Waals surface area (Å²) < 4.78 is 11.2. The van der Waals surface area contributed by atoms with E-state index in [0.717, 1.165) is 50.8 Å². The number of methoxy groups -OCH3 is 1. The number of hydrogen-bond acceptors (Lipinski definition) is 9. The molecule has 0 fully saturated rings. The van der Waals surface area contributed by atoms with Crippen molar-refractivity contribution >= 4 is 40.0 Å². The van der Waals surface area contributed by atoms with Crippen LogP contribution in [-0.4, -0.2) is 44.9 Å². The first-order valence-electron chi connectivity index (χ1n) is 11.6. The van der Waals surface area contributed by atoms with Crippen LogP contribution in [0.4, 0.5) is 5.69 Å². The van der Waals surface area contributed by atoms with Gasteiger partial charge in [-0.15, -0.1) is 10.2 Å². The van der Waals surface area contributed by atoms with E-state index in [9.17, 15) is 4.79 Å². The third-order valence-electron chi connectivity index (χ3n) is 5.80. The minimum atomic E-state index is -0.216. The van der Waals surface area contributed by atoms with Crippen molar-refractivity contribution in [3.05, 3.63) is 84.4 Å². The molecule has 0 aliphatic rings. The minimum absolute atomic E-state index is 0.0920. The molecule has 3 aromatic carbocycles. The molecule has 9 nitrogen and oxygen atoms in total. The third kappa shape index (κ3) is 5.50. The van der Waals surface area contributed by atoms with Crippen molar-refractivity contribution in [3.8, 4) is 28.5 Å². The summed E-state index contributed by atoms with van der Waals surface area (Å²) in [6.45, 7) is 1.69. The topological polar surface area (TPSA) is 123 Å². The van der Waals surface area contributed by atoms with Gasteiger partial charge in [-0.3, -0.25) is 4.79 Å². The highest BCUT2D eigenvalue weighted by Crippen LogP contribution is 2.33. The lowest BCUT2D eigenvalue weighted by Gasteiger charge is -2.08. The number of aromatic nitrogens is 3. The minimum Gasteiger partial charge on any atom is -0.497 e. The summed E-state index contributed by atoms with van der Waals surface area (Å²) in [5, 5.41) is 24.4. The fraction of sp³-hybridized carbons (Fsp3) is 0.107. The van der Waals surface area contributed by atoms with Crippen molar-refractivity contribution in [2.24, 2.45) is 5.16 Å². The number of pyridine rings is 1. The van der Waals surface area contributed by atoms with Gasteiger partial charge in [0, 0.05) is 16.6 Å². The van der Waals surface area contributed by atoms with Gasteiger partial charge in [-0.1, -0.05) is 47.2 Å². The first-order chi connectivity index (χ1) is 18.5. The molecule has 0 saturated heterocycles. The largest absolute Gasteiger partial charge is 0.497 e. The maximum Gasteiger partial charge on any atom is 0.277 e. The number of nitrogens with zero attached hydrogens (tertiary/aromatic N) is 4. The van der Waals surface area contributed by atoms with E-state index in [4.69, 9.17) is 19.3 Å². The normalized spacial score (nSPS) is 11.5. The molecule has 2 heterocycles. The van der Waals surface area contributed by atoms with Crippen LogP contribution in [0.15, 0.2) is 93.7 Å². The van der Waals surface area contributed by atoms with Crippen molar-refractivity contribution in [1.82, 2.24) is 15.2 Å². The van der Waals surface area contributed by atoms with E-state index < -0.39 is 0 Å². The number of rotatable bonds is 8. The Labute approximate surface area is 222 Å². The highest BCUT2D eigenvalue weighted by atomic mass is 32.2. The molecule has 5 aromatic rings. The summed E-state index contributed by atoms with van der Waals surface area (Å²) in [7, 11) is 1.63. The van der Waals surface area contributed by atoms with Gasteiger partial charge in [0.2, 0.25) is 11.8 Å². The Kier molecular flexibility index (Phi) is 7.32. The maximum absolute atomic E-state index is 12.5. The average molecular weight is 526 g/mol. The first-order valence-corrected chi connectivity index (χ1v) is 12.6. The van der Waals surface area contributed by atoms with E-state index in [1.165, 1.54) is 0 Å². The molecule has 0 radical (unpaired) electrons. The quantitative estimate of drug-likeness (QED) is 0.111. The molecule has 10 heteroatoms. The van der Waals surface area contributed by atoms with E-state index in [2.05, 4.69) is 20.7 Å². The van der Waals surface area contributed by atoms with Gasteiger partial charge >= 0.3 is 0 Å². The summed E-state index contributed by atoms with van der Waals surface area (Å²) in [5.41, 5.74) is 5.13. The Morgan fingerprint density at radius 3 is 2.55 bits per heavy atom. The third-order valence-corrected chi connectivity index (χ3v) is 6.62. The number of benzene rings is 3. The molecule has 190 valence electrons. The SMILES string of the molecule is COc1ccc(-c2cc(-c3nnc(SCC(=O)Nc4ccc(/C(C)=N\O)cc4)o3)c3ccccc3n2)cc1. The molecule has 2 aromatic heterocycles. The van der Waals surface area contributed by atoms with Crippen molar-refractivity contribution < 1.29 is 19.2 Å². The Bertz CT molecular complexity index is 1620. The van der Waals surface area contributed by atoms with Gasteiger partial charge in [0.25, 0.3) is 5.22 Å². The first kappa shape index (κ1) is 25.0. The second kappa shape index (κ2) is 11.1. The number of oxime groups is 1. The highest BCUT2D eigenvalue weighted by Gasteiger charge is 2.16. The number of fused-ring (bicyclic) bond motifs is 1. The van der Waals surface area contributed by atoms with Gasteiger partial charge < -0.3 is 19.7 Å². The zero-order valence-electron chi connectivity index (χ0n) is 20.6. The summed E-state index contributed by atoms with van der Waals surface area (Å²) >= 11 is 1.15. The standard InChI is InChI=1S/C28H23N5O4S/c1-17(33-35)18-7-11-20(12-8-18)29-26(34)16-38-28-32-31-27(37-28)23-15-25(19-9-13-21(36-2)14-10-19)30-24-6-4-3-5-22(23)24/h3-15,35H,16H2,1-2H3,(H,29,34)/b33-17-. The number of amides is 1. The molecule has 0 saturated carbocycles. The molecule has 0 unspecified atom stereocenters. The van der Waals surface area contributed by atoms with E-state index in [-0.39, 0.29) is 16.9 Å². The lowest BCUT2D eigenvalue weighted by atomic mass is 10.0. The van der Waals surface area contributed by atoms with Gasteiger partial charge in [-0.25, -0.2) is 4.98 Å². The molecule has 0 aliphatic heterocycles. The van der Waals surface area contributed by atoms with E-state index in [0.29, 0.717) is 17.3 Å². The van der Waals surface area contributed by atoms with Crippen LogP contribution in [0.25, 0.3) is 33.6 Å². The maximum atomic E-state index is 12.5. The average Bonchev–Trinajstić information content (AvgIpc) is 3.44. The predicted molar refractivity (Wildman–Crippen MR) is 147 cm³/mol. The van der Waals surface area contributed by atoms with Crippen molar-refractivity contribution in [2.45, 2.75) is 12.1 Å². The molecular formula is C28H23N5O4S. The fourth-order valence-corrected chi connectivity index (χ4v) is 4.38. The molecule has 1 amide bonds. The van der Waals surface area contributed by atoms with Crippen molar-refractivity contribution in [2.75, 3.05) is 18.2 Å². The van der Waals surface area contributed by atoms with Crippen LogP contribution in [0.2, 0.25) is 0 Å². The number of nitrogens with one attached hydrogen (secondary N) is 1. The Morgan fingerprint density at radius 2 is 1.82 bits per heavy atom. The summed E-state index contributed by atoms with van der Waals surface area (Å²) in [6, 6.07) is 24.4. The van der Waals surface area contributed by atoms with Gasteiger partial charge in [0.15, 0.2) is 0 Å². The lowest BCUT2D eigenvalue weighted by Crippen LogP contribution is -2.14. The van der Waals surface area contributed by atoms with E-state index >= 15 is 0 Å². The second-order valence-corrected chi connectivity index (χ2v) is 9.20. The van der Waals surface area contributed by atoms with Crippen LogP contribution in [0.5, 0.6) is 5.75 Å². The smallest absolute Gasteiger partial charge is 0.277 e. The zero-order chi connectivity index (χ0) is 26.5. The number of anilines is 1. The van der Waals surface area contributed by atoms with Crippen LogP contribution in [0.1, 0.15) is 12.5 Å². The highest BCUT2D eigenvalue weighted by molar-refractivity contribution is 7.99. The Hall–Kier alpha value is -4.70. The van der Waals surface area contributed by atoms with E-state index in [1.54, 1.807) is 38.3 Å². The van der Waals surface area contributed by atoms with Gasteiger partial charge in [-0.2, -0.15) is 0 Å². The number of ether oxygens (including phenoxy) is 1. The van der Waals surface area contributed by atoms with Crippen LogP contribution < -0.4 is 10.1 Å². The molecule has 2 N–H and O–H groups in total. The summed E-state index contributed by atoms with van der Waals surface area (Å²) in [5.74, 6) is 0.985. The Morgan fingerprint density at radius 1 is 1.05 bits per heavy atom. The number of para-hydroxylation sites is 1. The van der Waals surface area contributed by atoms with Gasteiger partial charge in [0.1, 0.15) is 5.75 Å². The fourth-order valence-electron chi connectivity index (χ4n) is 3.82. The van der Waals surface area contributed by atoms with Crippen LogP contribution in [0, 0.1) is 0 Å². The summed E-state index contributed by atoms with van der Waals surface area (Å²) in [6.07, 6.45) is 0. The second-order valence-electron chi connectivity index (χ2n) is 8.27. The number of carbonyl (C=O) groups excluding carboxylic acids is 1. The molecule has 5 rings (SSSR count). The molecular weight excluding hydrogens is 502 g/mol. The predicted octanol–water partition coefficient (Wildman–Crippen LogP) is 5.89. The number of thioether (sulfide) groups is 1. The molecule has 38 heavy (non-hydrogen) atoms. The zero-order valence-corrected chi connectivity index (χ0v) is 21.4.